The monoisotopic (exact) mass is 983 g/mol. The Morgan fingerprint density at radius 2 is 0.685 bits per heavy atom. The van der Waals surface area contributed by atoms with E-state index in [4.69, 9.17) is 0 Å². The summed E-state index contributed by atoms with van der Waals surface area (Å²) in [7, 11) is 0. The average molecular weight is 984 g/mol. The Hall–Kier alpha value is -5.86. The van der Waals surface area contributed by atoms with Crippen molar-refractivity contribution in [3.05, 3.63) is 210 Å². The fourth-order valence-electron chi connectivity index (χ4n) is 10.5. The zero-order valence-electron chi connectivity index (χ0n) is 46.9. The standard InChI is InChI=1S/C18H17N.C14H13N.C13H10.C6H6.C5H10.C3H8.5C2H6.2CH4/c1-2-19-14-10-6-5-9-13(14)17-15-11-7-3-4-8-12(11)16(15)18(17)19;1-2-15-13-9-5-3-7-11(13)12-8-4-6-10-14(12)15;1-3-7-12-10(5-1)9-11-6-2-4-8-13(11)12;1-2-4-6-5-3-1;1-2-4-5-3-1;1-3-2;5*1-2;;/h3-10,15-18H,2H2,1H3;3-10H,2H2,1H3;1-8H,9H2;1-6H;1-5H2;3H2,1-2H3;5*1-2H3;2*1H4/t15?,16-,17+,18?;;;;;;;;;;;;/m1............/s1. The number of fused-ring (bicyclic) bond motifs is 15. The summed E-state index contributed by atoms with van der Waals surface area (Å²) >= 11 is 0. The number of para-hydroxylation sites is 3. The van der Waals surface area contributed by atoms with Gasteiger partial charge in [0, 0.05) is 64.4 Å². The van der Waals surface area contributed by atoms with Gasteiger partial charge in [-0.2, -0.15) is 0 Å². The molecule has 0 spiro atoms. The number of rotatable bonds is 2. The van der Waals surface area contributed by atoms with Crippen LogP contribution in [-0.4, -0.2) is 17.2 Å². The molecule has 2 nitrogen and oxygen atoms in total. The van der Waals surface area contributed by atoms with Gasteiger partial charge in [0.1, 0.15) is 0 Å². The van der Waals surface area contributed by atoms with Gasteiger partial charge in [-0.15, -0.1) is 0 Å². The van der Waals surface area contributed by atoms with Crippen molar-refractivity contribution >= 4 is 27.5 Å². The van der Waals surface area contributed by atoms with Gasteiger partial charge >= 0.3 is 0 Å². The number of aryl methyl sites for hydroxylation is 1. The molecular weight excluding hydrogens is 881 g/mol. The summed E-state index contributed by atoms with van der Waals surface area (Å²) in [5, 5.41) is 2.71. The molecule has 2 heteroatoms. The predicted octanol–water partition coefficient (Wildman–Crippen LogP) is 22.4. The van der Waals surface area contributed by atoms with Crippen LogP contribution in [0.3, 0.4) is 0 Å². The quantitative estimate of drug-likeness (QED) is 0.168. The van der Waals surface area contributed by atoms with Gasteiger partial charge in [-0.05, 0) is 77.4 Å². The van der Waals surface area contributed by atoms with Crippen LogP contribution in [0.1, 0.15) is 196 Å². The molecule has 1 aromatic heterocycles. The second kappa shape index (κ2) is 37.0. The summed E-state index contributed by atoms with van der Waals surface area (Å²) in [4.78, 5) is 2.64. The first-order valence-corrected chi connectivity index (χ1v) is 28.3. The van der Waals surface area contributed by atoms with Crippen molar-refractivity contribution in [1.82, 2.24) is 4.57 Å². The van der Waals surface area contributed by atoms with Gasteiger partial charge < -0.3 is 9.47 Å². The van der Waals surface area contributed by atoms with E-state index in [-0.39, 0.29) is 14.9 Å². The van der Waals surface area contributed by atoms with Gasteiger partial charge in [0.05, 0.1) is 0 Å². The number of aromatic nitrogens is 1. The van der Waals surface area contributed by atoms with E-state index in [9.17, 15) is 0 Å². The number of hydrogen-bond donors (Lipinski definition) is 0. The summed E-state index contributed by atoms with van der Waals surface area (Å²) in [6.07, 6.45) is 9.85. The SMILES string of the molecule is C.C.C1CCCC1.CC.CC.CC.CC.CC.CCC.CCN1c2ccccc2[C@H]2C3c4ccccc4[C@H]3C21.CCn1c2ccccc2c2ccccc21.c1ccc2c(c1)Cc1ccccc1-2.c1ccccc1. The molecular formula is C71H102N2. The number of hydrogen-bond acceptors (Lipinski definition) is 1. The molecule has 0 bridgehead atoms. The van der Waals surface area contributed by atoms with Crippen molar-refractivity contribution in [2.24, 2.45) is 0 Å². The van der Waals surface area contributed by atoms with Crippen molar-refractivity contribution in [1.29, 1.82) is 0 Å². The molecule has 5 aliphatic rings. The van der Waals surface area contributed by atoms with E-state index in [0.29, 0.717) is 0 Å². The average Bonchev–Trinajstić information content (AvgIpc) is 4.28. The second-order valence-electron chi connectivity index (χ2n) is 16.9. The molecule has 2 heterocycles. The van der Waals surface area contributed by atoms with Crippen LogP contribution < -0.4 is 4.90 Å². The van der Waals surface area contributed by atoms with Crippen LogP contribution in [-0.2, 0) is 13.0 Å². The fraction of sp³-hybridized carbons (Fsp3) is 0.408. The van der Waals surface area contributed by atoms with Crippen LogP contribution in [0.25, 0.3) is 32.9 Å². The third-order valence-electron chi connectivity index (χ3n) is 13.1. The molecule has 2 fully saturated rings. The minimum absolute atomic E-state index is 0. The molecule has 1 aliphatic heterocycles. The number of anilines is 1. The van der Waals surface area contributed by atoms with E-state index in [1.54, 1.807) is 16.7 Å². The third kappa shape index (κ3) is 15.8. The van der Waals surface area contributed by atoms with Crippen molar-refractivity contribution in [3.8, 4) is 11.1 Å². The highest BCUT2D eigenvalue weighted by Gasteiger charge is 2.64. The molecule has 4 atom stereocenters. The van der Waals surface area contributed by atoms with E-state index in [2.05, 4.69) is 183 Å². The molecule has 4 aliphatic carbocycles. The normalized spacial score (nSPS) is 15.9. The lowest BCUT2D eigenvalue weighted by molar-refractivity contribution is 0.198. The Morgan fingerprint density at radius 3 is 1.10 bits per heavy atom. The molecule has 8 aromatic rings. The minimum Gasteiger partial charge on any atom is -0.367 e. The van der Waals surface area contributed by atoms with Crippen LogP contribution in [0, 0.1) is 0 Å². The largest absolute Gasteiger partial charge is 0.367 e. The Balaban J connectivity index is 0.000000449. The van der Waals surface area contributed by atoms with Gasteiger partial charge in [0.15, 0.2) is 0 Å². The first-order chi connectivity index (χ1) is 35.2. The molecule has 13 rings (SSSR count). The van der Waals surface area contributed by atoms with Gasteiger partial charge in [-0.3, -0.25) is 0 Å². The molecule has 0 radical (unpaired) electrons. The highest BCUT2D eigenvalue weighted by molar-refractivity contribution is 6.07. The van der Waals surface area contributed by atoms with Crippen LogP contribution in [0.2, 0.25) is 0 Å². The lowest BCUT2D eigenvalue weighted by Gasteiger charge is -2.59. The Labute approximate surface area is 449 Å². The maximum absolute atomic E-state index is 2.64. The zero-order chi connectivity index (χ0) is 52.0. The molecule has 7 aromatic carbocycles. The smallest absolute Gasteiger partial charge is 0.0491 e. The van der Waals surface area contributed by atoms with Gasteiger partial charge in [0.2, 0.25) is 0 Å². The minimum atomic E-state index is 0. The summed E-state index contributed by atoms with van der Waals surface area (Å²) in [6, 6.07) is 65.3. The van der Waals surface area contributed by atoms with Crippen molar-refractivity contribution in [3.63, 3.8) is 0 Å². The molecule has 0 saturated heterocycles. The Bertz CT molecular complexity index is 2480. The third-order valence-corrected chi connectivity index (χ3v) is 13.1. The Morgan fingerprint density at radius 1 is 0.356 bits per heavy atom. The lowest BCUT2D eigenvalue weighted by atomic mass is 9.47. The van der Waals surface area contributed by atoms with Gasteiger partial charge in [-0.25, -0.2) is 0 Å². The van der Waals surface area contributed by atoms with Gasteiger partial charge in [-0.1, -0.05) is 300 Å². The maximum Gasteiger partial charge on any atom is 0.0491 e. The second-order valence-corrected chi connectivity index (χ2v) is 16.9. The first-order valence-electron chi connectivity index (χ1n) is 28.3. The van der Waals surface area contributed by atoms with Crippen LogP contribution in [0.4, 0.5) is 5.69 Å². The molecule has 0 N–H and O–H groups in total. The summed E-state index contributed by atoms with van der Waals surface area (Å²) < 4.78 is 2.37. The van der Waals surface area contributed by atoms with E-state index in [1.165, 1.54) is 88.3 Å². The molecule has 73 heavy (non-hydrogen) atoms. The zero-order valence-corrected chi connectivity index (χ0v) is 46.9. The summed E-state index contributed by atoms with van der Waals surface area (Å²) in [6.45, 7) is 30.9. The molecule has 0 amide bonds. The topological polar surface area (TPSA) is 8.17 Å². The Kier molecular flexibility index (Phi) is 33.0. The van der Waals surface area contributed by atoms with E-state index in [0.717, 1.165) is 43.3 Å². The van der Waals surface area contributed by atoms with E-state index in [1.807, 2.05) is 106 Å². The van der Waals surface area contributed by atoms with Crippen molar-refractivity contribution in [2.75, 3.05) is 11.4 Å². The highest BCUT2D eigenvalue weighted by atomic mass is 15.2. The maximum atomic E-state index is 2.64. The fourth-order valence-corrected chi connectivity index (χ4v) is 10.5. The van der Waals surface area contributed by atoms with Crippen LogP contribution >= 0.6 is 0 Å². The van der Waals surface area contributed by atoms with Crippen LogP contribution in [0.5, 0.6) is 0 Å². The summed E-state index contributed by atoms with van der Waals surface area (Å²) in [5.74, 6) is 2.32. The van der Waals surface area contributed by atoms with E-state index >= 15 is 0 Å². The summed E-state index contributed by atoms with van der Waals surface area (Å²) in [5.41, 5.74) is 14.7. The number of benzene rings is 7. The lowest BCUT2D eigenvalue weighted by Crippen LogP contribution is -2.56. The van der Waals surface area contributed by atoms with E-state index < -0.39 is 0 Å². The van der Waals surface area contributed by atoms with Crippen molar-refractivity contribution < 1.29 is 0 Å². The molecule has 396 valence electrons. The molecule has 2 unspecified atom stereocenters. The highest BCUT2D eigenvalue weighted by Crippen LogP contribution is 2.71. The predicted molar refractivity (Wildman–Crippen MR) is 333 cm³/mol. The first kappa shape index (κ1) is 65.2. The molecule has 2 saturated carbocycles. The number of nitrogens with zero attached hydrogens (tertiary/aromatic N) is 2. The van der Waals surface area contributed by atoms with Gasteiger partial charge in [0.25, 0.3) is 0 Å². The van der Waals surface area contributed by atoms with Crippen LogP contribution in [0.15, 0.2) is 182 Å². The van der Waals surface area contributed by atoms with Crippen molar-refractivity contribution in [2.45, 2.75) is 187 Å². The number of likely N-dealkylation sites (N-methyl/N-ethyl adjacent to an activating group) is 1.